The number of halogens is 2. The van der Waals surface area contributed by atoms with Crippen molar-refractivity contribution in [2.24, 2.45) is 0 Å². The van der Waals surface area contributed by atoms with E-state index in [4.69, 9.17) is 0 Å². The first-order valence-corrected chi connectivity index (χ1v) is 10.1. The maximum atomic E-state index is 13.8. The van der Waals surface area contributed by atoms with Gasteiger partial charge in [-0.2, -0.15) is 0 Å². The molecule has 0 saturated heterocycles. The second-order valence-electron chi connectivity index (χ2n) is 6.66. The van der Waals surface area contributed by atoms with Crippen LogP contribution in [-0.2, 0) is 11.3 Å². The number of rotatable bonds is 5. The number of para-hydroxylation sites is 1. The van der Waals surface area contributed by atoms with Crippen molar-refractivity contribution in [2.75, 3.05) is 5.32 Å². The Balaban J connectivity index is 1.62. The fourth-order valence-electron chi connectivity index (χ4n) is 2.99. The highest BCUT2D eigenvalue weighted by molar-refractivity contribution is 7.13. The van der Waals surface area contributed by atoms with Crippen LogP contribution in [0.1, 0.15) is 5.82 Å². The predicted octanol–water partition coefficient (Wildman–Crippen LogP) is 4.26. The van der Waals surface area contributed by atoms with Crippen LogP contribution in [0.5, 0.6) is 0 Å². The fourth-order valence-corrected chi connectivity index (χ4v) is 3.82. The largest absolute Gasteiger partial charge is 0.320 e. The minimum absolute atomic E-state index is 0.239. The molecule has 0 radical (unpaired) electrons. The number of anilines is 1. The molecule has 0 aliphatic rings. The molecule has 9 heteroatoms. The van der Waals surface area contributed by atoms with Gasteiger partial charge in [0.25, 0.3) is 5.56 Å². The number of aryl methyl sites for hydroxylation is 1. The first-order chi connectivity index (χ1) is 14.9. The number of hydrogen-bond donors (Lipinski definition) is 1. The van der Waals surface area contributed by atoms with Crippen molar-refractivity contribution in [1.82, 2.24) is 14.5 Å². The number of aromatic nitrogens is 3. The zero-order valence-corrected chi connectivity index (χ0v) is 17.1. The SMILES string of the molecule is Cc1ncc(-c2nc(-c3ccccc3)cs2)c(=O)n1CC(=O)Nc1c(F)cccc1F. The van der Waals surface area contributed by atoms with E-state index in [0.29, 0.717) is 5.01 Å². The lowest BCUT2D eigenvalue weighted by atomic mass is 10.2. The van der Waals surface area contributed by atoms with Crippen LogP contribution in [0.3, 0.4) is 0 Å². The molecule has 31 heavy (non-hydrogen) atoms. The molecule has 2 aromatic carbocycles. The summed E-state index contributed by atoms with van der Waals surface area (Å²) in [5.74, 6) is -2.27. The van der Waals surface area contributed by atoms with Crippen molar-refractivity contribution in [3.05, 3.63) is 87.9 Å². The number of carbonyl (C=O) groups is 1. The van der Waals surface area contributed by atoms with Gasteiger partial charge in [-0.15, -0.1) is 11.3 Å². The molecule has 0 spiro atoms. The van der Waals surface area contributed by atoms with Crippen molar-refractivity contribution < 1.29 is 13.6 Å². The number of thiazole rings is 1. The zero-order chi connectivity index (χ0) is 22.0. The molecule has 0 fully saturated rings. The summed E-state index contributed by atoms with van der Waals surface area (Å²) < 4.78 is 28.7. The number of amides is 1. The Morgan fingerprint density at radius 2 is 1.81 bits per heavy atom. The zero-order valence-electron chi connectivity index (χ0n) is 16.3. The fraction of sp³-hybridized carbons (Fsp3) is 0.0909. The van der Waals surface area contributed by atoms with Gasteiger partial charge in [0.15, 0.2) is 0 Å². The van der Waals surface area contributed by atoms with E-state index in [0.717, 1.165) is 28.0 Å². The van der Waals surface area contributed by atoms with Gasteiger partial charge in [-0.05, 0) is 19.1 Å². The molecule has 0 aliphatic heterocycles. The molecule has 1 amide bonds. The van der Waals surface area contributed by atoms with Crippen LogP contribution in [-0.4, -0.2) is 20.4 Å². The van der Waals surface area contributed by atoms with Crippen molar-refractivity contribution >= 4 is 22.9 Å². The Morgan fingerprint density at radius 3 is 2.52 bits per heavy atom. The Bertz CT molecular complexity index is 1300. The van der Waals surface area contributed by atoms with E-state index in [1.165, 1.54) is 23.6 Å². The number of hydrogen-bond acceptors (Lipinski definition) is 5. The first-order valence-electron chi connectivity index (χ1n) is 9.25. The van der Waals surface area contributed by atoms with Gasteiger partial charge in [-0.1, -0.05) is 36.4 Å². The summed E-state index contributed by atoms with van der Waals surface area (Å²) in [6.45, 7) is 1.12. The monoisotopic (exact) mass is 438 g/mol. The summed E-state index contributed by atoms with van der Waals surface area (Å²) in [7, 11) is 0. The topological polar surface area (TPSA) is 76.9 Å². The molecule has 0 aliphatic carbocycles. The van der Waals surface area contributed by atoms with E-state index in [1.807, 2.05) is 35.7 Å². The van der Waals surface area contributed by atoms with E-state index in [-0.39, 0.29) is 11.4 Å². The second-order valence-corrected chi connectivity index (χ2v) is 7.52. The van der Waals surface area contributed by atoms with Crippen LogP contribution in [0.15, 0.2) is 64.9 Å². The number of carbonyl (C=O) groups excluding carboxylic acids is 1. The molecule has 0 unspecified atom stereocenters. The summed E-state index contributed by atoms with van der Waals surface area (Å²) in [4.78, 5) is 34.1. The van der Waals surface area contributed by atoms with Crippen molar-refractivity contribution in [2.45, 2.75) is 13.5 Å². The van der Waals surface area contributed by atoms with Crippen LogP contribution in [0, 0.1) is 18.6 Å². The van der Waals surface area contributed by atoms with Crippen molar-refractivity contribution in [3.63, 3.8) is 0 Å². The van der Waals surface area contributed by atoms with E-state index in [1.54, 1.807) is 6.92 Å². The third kappa shape index (κ3) is 4.26. The van der Waals surface area contributed by atoms with Crippen LogP contribution in [0.25, 0.3) is 21.8 Å². The lowest BCUT2D eigenvalue weighted by Gasteiger charge is -2.11. The van der Waals surface area contributed by atoms with Crippen molar-refractivity contribution in [1.29, 1.82) is 0 Å². The van der Waals surface area contributed by atoms with Gasteiger partial charge in [-0.25, -0.2) is 18.7 Å². The van der Waals surface area contributed by atoms with Crippen LogP contribution in [0.2, 0.25) is 0 Å². The molecule has 0 bridgehead atoms. The van der Waals surface area contributed by atoms with Gasteiger partial charge in [0.2, 0.25) is 5.91 Å². The maximum Gasteiger partial charge on any atom is 0.264 e. The molecule has 4 aromatic rings. The molecule has 1 N–H and O–H groups in total. The normalized spacial score (nSPS) is 10.8. The maximum absolute atomic E-state index is 13.8. The summed E-state index contributed by atoms with van der Waals surface area (Å²) in [5.41, 5.74) is 0.847. The van der Waals surface area contributed by atoms with Gasteiger partial charge in [0, 0.05) is 17.1 Å². The summed E-state index contributed by atoms with van der Waals surface area (Å²) in [6, 6.07) is 12.8. The second kappa shape index (κ2) is 8.57. The van der Waals surface area contributed by atoms with Crippen LogP contribution >= 0.6 is 11.3 Å². The molecule has 156 valence electrons. The van der Waals surface area contributed by atoms with E-state index in [9.17, 15) is 18.4 Å². The smallest absolute Gasteiger partial charge is 0.264 e. The molecule has 6 nitrogen and oxygen atoms in total. The Hall–Kier alpha value is -3.72. The molecule has 4 rings (SSSR count). The minimum atomic E-state index is -0.902. The lowest BCUT2D eigenvalue weighted by Crippen LogP contribution is -2.31. The molecule has 0 atom stereocenters. The highest BCUT2D eigenvalue weighted by Gasteiger charge is 2.17. The van der Waals surface area contributed by atoms with Gasteiger partial charge in [0.05, 0.1) is 11.3 Å². The molecular weight excluding hydrogens is 422 g/mol. The molecular formula is C22H16F2N4O2S. The summed E-state index contributed by atoms with van der Waals surface area (Å²) in [6.07, 6.45) is 1.41. The third-order valence-electron chi connectivity index (χ3n) is 4.58. The summed E-state index contributed by atoms with van der Waals surface area (Å²) in [5, 5.41) is 4.48. The van der Waals surface area contributed by atoms with E-state index >= 15 is 0 Å². The van der Waals surface area contributed by atoms with E-state index in [2.05, 4.69) is 15.3 Å². The Labute approximate surface area is 179 Å². The lowest BCUT2D eigenvalue weighted by molar-refractivity contribution is -0.116. The van der Waals surface area contributed by atoms with Gasteiger partial charge in [-0.3, -0.25) is 14.2 Å². The van der Waals surface area contributed by atoms with Crippen LogP contribution in [0.4, 0.5) is 14.5 Å². The Kier molecular flexibility index (Phi) is 5.68. The Morgan fingerprint density at radius 1 is 1.10 bits per heavy atom. The summed E-state index contributed by atoms with van der Waals surface area (Å²) >= 11 is 1.29. The third-order valence-corrected chi connectivity index (χ3v) is 5.46. The van der Waals surface area contributed by atoms with Crippen LogP contribution < -0.4 is 10.9 Å². The van der Waals surface area contributed by atoms with Gasteiger partial charge < -0.3 is 5.32 Å². The minimum Gasteiger partial charge on any atom is -0.320 e. The van der Waals surface area contributed by atoms with Gasteiger partial charge >= 0.3 is 0 Å². The standard InChI is InChI=1S/C22H16F2N4O2S/c1-13-25-10-15(21-26-18(12-31-21)14-6-3-2-4-7-14)22(30)28(13)11-19(29)27-20-16(23)8-5-9-17(20)24/h2-10,12H,11H2,1H3,(H,27,29). The number of nitrogens with one attached hydrogen (secondary N) is 1. The molecule has 0 saturated carbocycles. The first kappa shape index (κ1) is 20.5. The predicted molar refractivity (Wildman–Crippen MR) is 115 cm³/mol. The van der Waals surface area contributed by atoms with E-state index < -0.39 is 35.3 Å². The number of nitrogens with zero attached hydrogens (tertiary/aromatic N) is 3. The highest BCUT2D eigenvalue weighted by atomic mass is 32.1. The average Bonchev–Trinajstić information content (AvgIpc) is 3.24. The quantitative estimate of drug-likeness (QED) is 0.505. The molecule has 2 heterocycles. The molecule has 2 aromatic heterocycles. The van der Waals surface area contributed by atoms with Gasteiger partial charge in [0.1, 0.15) is 34.7 Å². The van der Waals surface area contributed by atoms with Crippen molar-refractivity contribution in [3.8, 4) is 21.8 Å². The highest BCUT2D eigenvalue weighted by Crippen LogP contribution is 2.27. The number of benzene rings is 2. The average molecular weight is 438 g/mol.